The van der Waals surface area contributed by atoms with E-state index in [0.29, 0.717) is 5.56 Å². The highest BCUT2D eigenvalue weighted by Gasteiger charge is 2.28. The normalized spacial score (nSPS) is 13.1. The first-order chi connectivity index (χ1) is 9.70. The third-order valence-electron chi connectivity index (χ3n) is 2.84. The van der Waals surface area contributed by atoms with Crippen LogP contribution in [-0.4, -0.2) is 24.7 Å². The summed E-state index contributed by atoms with van der Waals surface area (Å²) in [6, 6.07) is 5.58. The third-order valence-corrected chi connectivity index (χ3v) is 2.84. The number of amides is 1. The molecule has 1 aromatic carbocycles. The molecule has 0 radical (unpaired) electrons. The minimum absolute atomic E-state index is 0.0262. The molecule has 0 aliphatic heterocycles. The van der Waals surface area contributed by atoms with Crippen LogP contribution in [0.15, 0.2) is 24.3 Å². The lowest BCUT2D eigenvalue weighted by atomic mass is 10.0. The van der Waals surface area contributed by atoms with Gasteiger partial charge in [0.1, 0.15) is 5.75 Å². The van der Waals surface area contributed by atoms with E-state index in [1.807, 2.05) is 13.8 Å². The fraction of sp³-hybridized carbons (Fsp3) is 0.500. The van der Waals surface area contributed by atoms with Gasteiger partial charge in [0.2, 0.25) is 5.91 Å². The van der Waals surface area contributed by atoms with Gasteiger partial charge in [0.05, 0.1) is 6.04 Å². The van der Waals surface area contributed by atoms with E-state index in [1.165, 1.54) is 6.07 Å². The Kier molecular flexibility index (Phi) is 6.02. The van der Waals surface area contributed by atoms with Crippen LogP contribution < -0.4 is 15.8 Å². The Morgan fingerprint density at radius 1 is 1.33 bits per heavy atom. The van der Waals surface area contributed by atoms with Gasteiger partial charge in [-0.1, -0.05) is 32.0 Å². The predicted octanol–water partition coefficient (Wildman–Crippen LogP) is 2.23. The van der Waals surface area contributed by atoms with Crippen LogP contribution in [0.5, 0.6) is 5.75 Å². The molecule has 7 heteroatoms. The van der Waals surface area contributed by atoms with Gasteiger partial charge in [-0.15, -0.1) is 0 Å². The molecule has 0 heterocycles. The van der Waals surface area contributed by atoms with Crippen LogP contribution >= 0.6 is 0 Å². The second-order valence-electron chi connectivity index (χ2n) is 5.00. The minimum Gasteiger partial charge on any atom is -0.484 e. The topological polar surface area (TPSA) is 64.4 Å². The zero-order valence-electron chi connectivity index (χ0n) is 11.9. The van der Waals surface area contributed by atoms with Crippen LogP contribution in [0.3, 0.4) is 0 Å². The smallest absolute Gasteiger partial charge is 0.422 e. The number of nitrogens with one attached hydrogen (secondary N) is 1. The van der Waals surface area contributed by atoms with Crippen LogP contribution in [-0.2, 0) is 11.3 Å². The summed E-state index contributed by atoms with van der Waals surface area (Å²) in [7, 11) is 0. The number of carbonyl (C=O) groups is 1. The molecule has 4 nitrogen and oxygen atoms in total. The fourth-order valence-electron chi connectivity index (χ4n) is 1.55. The minimum atomic E-state index is -4.41. The summed E-state index contributed by atoms with van der Waals surface area (Å²) < 4.78 is 41.2. The van der Waals surface area contributed by atoms with Crippen molar-refractivity contribution in [3.8, 4) is 5.75 Å². The van der Waals surface area contributed by atoms with Crippen molar-refractivity contribution in [2.75, 3.05) is 6.61 Å². The Labute approximate surface area is 121 Å². The van der Waals surface area contributed by atoms with E-state index >= 15 is 0 Å². The van der Waals surface area contributed by atoms with Gasteiger partial charge in [0, 0.05) is 12.1 Å². The molecule has 0 bridgehead atoms. The summed E-state index contributed by atoms with van der Waals surface area (Å²) in [6.45, 7) is 2.31. The molecule has 1 atom stereocenters. The van der Waals surface area contributed by atoms with Crippen molar-refractivity contribution in [2.24, 2.45) is 11.7 Å². The molecule has 1 aromatic rings. The lowest BCUT2D eigenvalue weighted by Gasteiger charge is -2.17. The highest BCUT2D eigenvalue weighted by molar-refractivity contribution is 5.81. The third kappa shape index (κ3) is 6.03. The zero-order chi connectivity index (χ0) is 16.0. The van der Waals surface area contributed by atoms with E-state index in [2.05, 4.69) is 5.32 Å². The second kappa shape index (κ2) is 7.31. The molecule has 0 unspecified atom stereocenters. The monoisotopic (exact) mass is 304 g/mol. The van der Waals surface area contributed by atoms with Crippen LogP contribution in [0.2, 0.25) is 0 Å². The molecule has 0 aromatic heterocycles. The molecule has 0 fully saturated rings. The number of nitrogens with two attached hydrogens (primary N) is 1. The SMILES string of the molecule is CC(C)[C@H](N)C(=O)NCc1ccccc1OCC(F)(F)F. The summed E-state index contributed by atoms with van der Waals surface area (Å²) >= 11 is 0. The predicted molar refractivity (Wildman–Crippen MR) is 72.7 cm³/mol. The number of hydrogen-bond acceptors (Lipinski definition) is 3. The van der Waals surface area contributed by atoms with Crippen molar-refractivity contribution in [1.82, 2.24) is 5.32 Å². The summed E-state index contributed by atoms with van der Waals surface area (Å²) in [5, 5.41) is 2.59. The first kappa shape index (κ1) is 17.3. The standard InChI is InChI=1S/C14H19F3N2O2/c1-9(2)12(18)13(20)19-7-10-5-3-4-6-11(10)21-8-14(15,16)17/h3-6,9,12H,7-8,18H2,1-2H3,(H,19,20)/t12-/m0/s1. The Bertz CT molecular complexity index is 476. The summed E-state index contributed by atoms with van der Waals surface area (Å²) in [6.07, 6.45) is -4.41. The number of para-hydroxylation sites is 1. The number of carbonyl (C=O) groups excluding carboxylic acids is 1. The largest absolute Gasteiger partial charge is 0.484 e. The van der Waals surface area contributed by atoms with Crippen molar-refractivity contribution < 1.29 is 22.7 Å². The highest BCUT2D eigenvalue weighted by atomic mass is 19.4. The van der Waals surface area contributed by atoms with Gasteiger partial charge < -0.3 is 15.8 Å². The molecule has 118 valence electrons. The number of ether oxygens (including phenoxy) is 1. The van der Waals surface area contributed by atoms with Gasteiger partial charge in [0.15, 0.2) is 6.61 Å². The van der Waals surface area contributed by atoms with Crippen LogP contribution in [0.25, 0.3) is 0 Å². The average molecular weight is 304 g/mol. The maximum Gasteiger partial charge on any atom is 0.422 e. The Balaban J connectivity index is 2.65. The van der Waals surface area contributed by atoms with Crippen LogP contribution in [0.1, 0.15) is 19.4 Å². The number of rotatable bonds is 6. The molecule has 0 aliphatic rings. The van der Waals surface area contributed by atoms with E-state index in [0.717, 1.165) is 0 Å². The fourth-order valence-corrected chi connectivity index (χ4v) is 1.55. The molecule has 0 saturated heterocycles. The first-order valence-electron chi connectivity index (χ1n) is 6.51. The van der Waals surface area contributed by atoms with E-state index in [-0.39, 0.29) is 24.1 Å². The van der Waals surface area contributed by atoms with Crippen LogP contribution in [0.4, 0.5) is 13.2 Å². The molecular weight excluding hydrogens is 285 g/mol. The van der Waals surface area contributed by atoms with Gasteiger partial charge in [-0.05, 0) is 12.0 Å². The van der Waals surface area contributed by atoms with E-state index in [9.17, 15) is 18.0 Å². The van der Waals surface area contributed by atoms with Gasteiger partial charge in [-0.2, -0.15) is 13.2 Å². The van der Waals surface area contributed by atoms with Gasteiger partial charge >= 0.3 is 6.18 Å². The van der Waals surface area contributed by atoms with E-state index in [4.69, 9.17) is 10.5 Å². The maximum absolute atomic E-state index is 12.2. The zero-order valence-corrected chi connectivity index (χ0v) is 11.9. The summed E-state index contributed by atoms with van der Waals surface area (Å²) in [5.41, 5.74) is 6.15. The van der Waals surface area contributed by atoms with Gasteiger partial charge in [-0.3, -0.25) is 4.79 Å². The van der Waals surface area contributed by atoms with Crippen LogP contribution in [0, 0.1) is 5.92 Å². The Morgan fingerprint density at radius 2 is 1.95 bits per heavy atom. The number of benzene rings is 1. The molecule has 21 heavy (non-hydrogen) atoms. The molecule has 1 rings (SSSR count). The van der Waals surface area contributed by atoms with Crippen molar-refractivity contribution in [3.05, 3.63) is 29.8 Å². The van der Waals surface area contributed by atoms with Gasteiger partial charge in [-0.25, -0.2) is 0 Å². The molecule has 0 aliphatic carbocycles. The molecule has 0 saturated carbocycles. The van der Waals surface area contributed by atoms with Gasteiger partial charge in [0.25, 0.3) is 0 Å². The average Bonchev–Trinajstić information content (AvgIpc) is 2.41. The quantitative estimate of drug-likeness (QED) is 0.847. The number of halogens is 3. The van der Waals surface area contributed by atoms with Crippen molar-refractivity contribution in [1.29, 1.82) is 0 Å². The second-order valence-corrected chi connectivity index (χ2v) is 5.00. The van der Waals surface area contributed by atoms with E-state index < -0.39 is 18.8 Å². The van der Waals surface area contributed by atoms with Crippen molar-refractivity contribution >= 4 is 5.91 Å². The first-order valence-corrected chi connectivity index (χ1v) is 6.51. The molecule has 0 spiro atoms. The summed E-state index contributed by atoms with van der Waals surface area (Å²) in [4.78, 5) is 11.7. The maximum atomic E-state index is 12.2. The lowest BCUT2D eigenvalue weighted by Crippen LogP contribution is -2.43. The highest BCUT2D eigenvalue weighted by Crippen LogP contribution is 2.22. The molecule has 3 N–H and O–H groups in total. The van der Waals surface area contributed by atoms with E-state index in [1.54, 1.807) is 18.2 Å². The van der Waals surface area contributed by atoms with Crippen molar-refractivity contribution in [3.63, 3.8) is 0 Å². The lowest BCUT2D eigenvalue weighted by molar-refractivity contribution is -0.153. The van der Waals surface area contributed by atoms with Crippen molar-refractivity contribution in [2.45, 2.75) is 32.6 Å². The molecular formula is C14H19F3N2O2. The Hall–Kier alpha value is -1.76. The Morgan fingerprint density at radius 3 is 2.52 bits per heavy atom. The number of alkyl halides is 3. The molecule has 1 amide bonds. The number of hydrogen-bond donors (Lipinski definition) is 2. The summed E-state index contributed by atoms with van der Waals surface area (Å²) in [5.74, 6) is -0.286.